The molecule has 6 heteroatoms. The van der Waals surface area contributed by atoms with Crippen molar-refractivity contribution < 1.29 is 9.84 Å². The number of rotatable bonds is 4. The normalized spacial score (nSPS) is 12.9. The fourth-order valence-electron chi connectivity index (χ4n) is 0.961. The first-order valence-electron chi connectivity index (χ1n) is 4.02. The molecule has 0 saturated heterocycles. The summed E-state index contributed by atoms with van der Waals surface area (Å²) in [6, 6.07) is 3.42. The molecule has 2 aromatic heterocycles. The van der Waals surface area contributed by atoms with E-state index in [-0.39, 0.29) is 6.61 Å². The molecule has 2 rings (SSSR count). The molecule has 0 saturated carbocycles. The van der Waals surface area contributed by atoms with Crippen molar-refractivity contribution in [2.45, 2.75) is 12.9 Å². The summed E-state index contributed by atoms with van der Waals surface area (Å²) in [7, 11) is 0. The number of nitrogens with zero attached hydrogens (tertiary/aromatic N) is 2. The number of hydrogen-bond acceptors (Lipinski definition) is 4. The van der Waals surface area contributed by atoms with E-state index in [1.54, 1.807) is 12.3 Å². The Labute approximate surface area is 84.5 Å². The predicted octanol–water partition coefficient (Wildman–Crippen LogP) is 1.51. The van der Waals surface area contributed by atoms with Crippen LogP contribution in [0.15, 0.2) is 23.7 Å². The van der Waals surface area contributed by atoms with Crippen LogP contribution in [0, 0.1) is 0 Å². The van der Waals surface area contributed by atoms with Gasteiger partial charge >= 0.3 is 0 Å². The van der Waals surface area contributed by atoms with Crippen LogP contribution < -0.4 is 0 Å². The highest BCUT2D eigenvalue weighted by Crippen LogP contribution is 2.13. The van der Waals surface area contributed by atoms with Crippen molar-refractivity contribution >= 4 is 11.5 Å². The molecule has 1 unspecified atom stereocenters. The number of hydrogen-bond donors (Lipinski definition) is 1. The minimum absolute atomic E-state index is 0.227. The number of aromatic nitrogens is 3. The Hall–Kier alpha value is -1.24. The molecule has 0 amide bonds. The van der Waals surface area contributed by atoms with E-state index < -0.39 is 6.29 Å². The van der Waals surface area contributed by atoms with Gasteiger partial charge in [-0.25, -0.2) is 0 Å². The SMILES string of the molecule is [O]C(OCc1ccsn1)c1cc[nH]n1. The maximum absolute atomic E-state index is 11.4. The van der Waals surface area contributed by atoms with Crippen LogP contribution in [0.1, 0.15) is 17.7 Å². The van der Waals surface area contributed by atoms with Crippen molar-refractivity contribution in [2.75, 3.05) is 0 Å². The van der Waals surface area contributed by atoms with Gasteiger partial charge in [0.05, 0.1) is 12.3 Å². The standard InChI is InChI=1S/C8H8N3O2S/c12-8(7-1-3-9-10-7)13-5-6-2-4-14-11-6/h1-4,8H,5H2,(H,9,10). The summed E-state index contributed by atoms with van der Waals surface area (Å²) in [5.41, 5.74) is 1.13. The molecule has 14 heavy (non-hydrogen) atoms. The summed E-state index contributed by atoms with van der Waals surface area (Å²) >= 11 is 1.33. The van der Waals surface area contributed by atoms with Crippen LogP contribution in [-0.4, -0.2) is 14.6 Å². The number of nitrogens with one attached hydrogen (secondary N) is 1. The number of aromatic amines is 1. The third-order valence-electron chi connectivity index (χ3n) is 1.64. The van der Waals surface area contributed by atoms with Crippen molar-refractivity contribution in [1.82, 2.24) is 14.6 Å². The lowest BCUT2D eigenvalue weighted by molar-refractivity contribution is -0.155. The monoisotopic (exact) mass is 210 g/mol. The summed E-state index contributed by atoms with van der Waals surface area (Å²) in [4.78, 5) is 0. The van der Waals surface area contributed by atoms with E-state index in [0.717, 1.165) is 5.69 Å². The van der Waals surface area contributed by atoms with Crippen LogP contribution in [-0.2, 0) is 16.5 Å². The second-order valence-electron chi connectivity index (χ2n) is 2.63. The Bertz CT molecular complexity index is 360. The molecule has 1 atom stereocenters. The van der Waals surface area contributed by atoms with Gasteiger partial charge in [-0.1, -0.05) is 0 Å². The fraction of sp³-hybridized carbons (Fsp3) is 0.250. The Morgan fingerprint density at radius 2 is 2.50 bits per heavy atom. The summed E-state index contributed by atoms with van der Waals surface area (Å²) in [6.07, 6.45) is 0.342. The molecule has 5 nitrogen and oxygen atoms in total. The van der Waals surface area contributed by atoms with Crippen molar-refractivity contribution in [3.05, 3.63) is 35.1 Å². The Balaban J connectivity index is 1.87. The fourth-order valence-corrected chi connectivity index (χ4v) is 1.49. The first-order valence-corrected chi connectivity index (χ1v) is 4.86. The zero-order valence-electron chi connectivity index (χ0n) is 7.21. The molecule has 0 bridgehead atoms. The summed E-state index contributed by atoms with van der Waals surface area (Å²) in [6.45, 7) is 0.227. The maximum Gasteiger partial charge on any atom is 0.236 e. The molecule has 0 fully saturated rings. The topological polar surface area (TPSA) is 70.7 Å². The van der Waals surface area contributed by atoms with Crippen molar-refractivity contribution in [3.63, 3.8) is 0 Å². The number of ether oxygens (including phenoxy) is 1. The van der Waals surface area contributed by atoms with Gasteiger partial charge in [-0.3, -0.25) is 5.10 Å². The molecule has 0 aliphatic carbocycles. The minimum atomic E-state index is -1.25. The lowest BCUT2D eigenvalue weighted by atomic mass is 10.4. The van der Waals surface area contributed by atoms with Gasteiger partial charge in [-0.2, -0.15) is 14.6 Å². The second kappa shape index (κ2) is 4.32. The van der Waals surface area contributed by atoms with Gasteiger partial charge in [0.2, 0.25) is 6.29 Å². The van der Waals surface area contributed by atoms with Gasteiger partial charge in [-0.05, 0) is 23.7 Å². The van der Waals surface area contributed by atoms with Crippen molar-refractivity contribution in [3.8, 4) is 0 Å². The van der Waals surface area contributed by atoms with Gasteiger partial charge in [-0.15, -0.1) is 0 Å². The van der Waals surface area contributed by atoms with E-state index in [1.165, 1.54) is 11.5 Å². The van der Waals surface area contributed by atoms with E-state index in [9.17, 15) is 5.11 Å². The van der Waals surface area contributed by atoms with Crippen LogP contribution in [0.5, 0.6) is 0 Å². The molecule has 2 heterocycles. The molecule has 0 aliphatic rings. The van der Waals surface area contributed by atoms with Crippen LogP contribution >= 0.6 is 11.5 Å². The molecular weight excluding hydrogens is 202 g/mol. The third kappa shape index (κ3) is 2.16. The summed E-state index contributed by atoms with van der Waals surface area (Å²) < 4.78 is 9.06. The Morgan fingerprint density at radius 3 is 3.14 bits per heavy atom. The van der Waals surface area contributed by atoms with E-state index in [0.29, 0.717) is 5.69 Å². The van der Waals surface area contributed by atoms with Crippen LogP contribution in [0.4, 0.5) is 0 Å². The van der Waals surface area contributed by atoms with Gasteiger partial charge in [0.25, 0.3) is 0 Å². The minimum Gasteiger partial charge on any atom is -0.338 e. The quantitative estimate of drug-likeness (QED) is 0.777. The maximum atomic E-state index is 11.4. The van der Waals surface area contributed by atoms with Gasteiger partial charge in [0.15, 0.2) is 0 Å². The Kier molecular flexibility index (Phi) is 2.87. The largest absolute Gasteiger partial charge is 0.338 e. The number of H-pyrrole nitrogens is 1. The highest BCUT2D eigenvalue weighted by atomic mass is 32.1. The van der Waals surface area contributed by atoms with Crippen LogP contribution in [0.2, 0.25) is 0 Å². The average Bonchev–Trinajstić information content (AvgIpc) is 2.87. The predicted molar refractivity (Wildman–Crippen MR) is 48.9 cm³/mol. The highest BCUT2D eigenvalue weighted by Gasteiger charge is 2.12. The van der Waals surface area contributed by atoms with E-state index in [4.69, 9.17) is 4.74 Å². The van der Waals surface area contributed by atoms with Gasteiger partial charge < -0.3 is 4.74 Å². The molecule has 0 aromatic carbocycles. The van der Waals surface area contributed by atoms with Crippen LogP contribution in [0.25, 0.3) is 0 Å². The molecule has 73 valence electrons. The van der Waals surface area contributed by atoms with Crippen LogP contribution in [0.3, 0.4) is 0 Å². The van der Waals surface area contributed by atoms with Gasteiger partial charge in [0.1, 0.15) is 5.69 Å². The smallest absolute Gasteiger partial charge is 0.236 e. The lowest BCUT2D eigenvalue weighted by Crippen LogP contribution is -2.02. The molecule has 2 aromatic rings. The third-order valence-corrected chi connectivity index (χ3v) is 2.24. The van der Waals surface area contributed by atoms with E-state index >= 15 is 0 Å². The van der Waals surface area contributed by atoms with E-state index in [2.05, 4.69) is 14.6 Å². The zero-order valence-corrected chi connectivity index (χ0v) is 8.03. The highest BCUT2D eigenvalue weighted by molar-refractivity contribution is 7.03. The molecular formula is C8H8N3O2S. The second-order valence-corrected chi connectivity index (χ2v) is 3.30. The first-order chi connectivity index (χ1) is 6.86. The summed E-state index contributed by atoms with van der Waals surface area (Å²) in [5, 5.41) is 19.5. The molecule has 1 N–H and O–H groups in total. The first kappa shape index (κ1) is 9.32. The molecule has 0 aliphatic heterocycles. The zero-order chi connectivity index (χ0) is 9.80. The van der Waals surface area contributed by atoms with Gasteiger partial charge in [0, 0.05) is 11.6 Å². The average molecular weight is 210 g/mol. The Morgan fingerprint density at radius 1 is 1.57 bits per heavy atom. The van der Waals surface area contributed by atoms with Crippen molar-refractivity contribution in [1.29, 1.82) is 0 Å². The summed E-state index contributed by atoms with van der Waals surface area (Å²) in [5.74, 6) is 0. The van der Waals surface area contributed by atoms with E-state index in [1.807, 2.05) is 11.4 Å². The lowest BCUT2D eigenvalue weighted by Gasteiger charge is -2.04. The molecule has 0 spiro atoms. The van der Waals surface area contributed by atoms with Crippen molar-refractivity contribution in [2.24, 2.45) is 0 Å². The molecule has 1 radical (unpaired) electrons.